The fourth-order valence-electron chi connectivity index (χ4n) is 1.67. The Hall–Kier alpha value is -1.94. The maximum atomic E-state index is 11.3. The molecule has 0 saturated heterocycles. The molecule has 0 aliphatic rings. The summed E-state index contributed by atoms with van der Waals surface area (Å²) in [5.74, 6) is -0.371. The molecule has 0 atom stereocenters. The van der Waals surface area contributed by atoms with Crippen LogP contribution in [0.25, 0.3) is 0 Å². The Kier molecular flexibility index (Phi) is 4.12. The Morgan fingerprint density at radius 2 is 2.16 bits per heavy atom. The quantitative estimate of drug-likeness (QED) is 0.843. The second kappa shape index (κ2) is 5.80. The summed E-state index contributed by atoms with van der Waals surface area (Å²) in [5, 5.41) is 3.96. The van der Waals surface area contributed by atoms with Crippen LogP contribution in [-0.2, 0) is 11.3 Å². The molecule has 4 nitrogen and oxygen atoms in total. The van der Waals surface area contributed by atoms with E-state index in [9.17, 15) is 4.79 Å². The lowest BCUT2D eigenvalue weighted by molar-refractivity contribution is 0.0594. The summed E-state index contributed by atoms with van der Waals surface area (Å²) in [6, 6.07) is 9.34. The van der Waals surface area contributed by atoms with Gasteiger partial charge in [0.2, 0.25) is 0 Å². The highest BCUT2D eigenvalue weighted by Gasteiger charge is 2.07. The fourth-order valence-corrected chi connectivity index (χ4v) is 1.85. The Balaban J connectivity index is 2.00. The molecule has 0 spiro atoms. The number of benzene rings is 1. The van der Waals surface area contributed by atoms with Gasteiger partial charge in [-0.1, -0.05) is 17.7 Å². The molecule has 0 radical (unpaired) electrons. The minimum absolute atomic E-state index is 0.371. The summed E-state index contributed by atoms with van der Waals surface area (Å²) in [4.78, 5) is 14.3. The summed E-state index contributed by atoms with van der Waals surface area (Å²) >= 11 is 6.05. The molecule has 19 heavy (non-hydrogen) atoms. The number of aromatic nitrogens is 1. The first-order chi connectivity index (χ1) is 9.10. The Morgan fingerprint density at radius 1 is 1.37 bits per heavy atom. The highest BCUT2D eigenvalue weighted by atomic mass is 35.5. The highest BCUT2D eigenvalue weighted by molar-refractivity contribution is 6.31. The van der Waals surface area contributed by atoms with Crippen molar-refractivity contribution in [2.24, 2.45) is 0 Å². The van der Waals surface area contributed by atoms with Crippen molar-refractivity contribution in [2.45, 2.75) is 13.5 Å². The van der Waals surface area contributed by atoms with Gasteiger partial charge in [-0.05, 0) is 36.8 Å². The van der Waals surface area contributed by atoms with Crippen LogP contribution in [0.1, 0.15) is 21.7 Å². The van der Waals surface area contributed by atoms with Crippen LogP contribution in [0.3, 0.4) is 0 Å². The largest absolute Gasteiger partial charge is 0.464 e. The lowest BCUT2D eigenvalue weighted by Crippen LogP contribution is -2.03. The molecular formula is C14H15ClN2O2. The van der Waals surface area contributed by atoms with Crippen molar-refractivity contribution in [3.8, 4) is 0 Å². The van der Waals surface area contributed by atoms with Crippen LogP contribution >= 0.6 is 11.6 Å². The molecule has 2 aromatic rings. The van der Waals surface area contributed by atoms with Gasteiger partial charge in [-0.3, -0.25) is 0 Å². The minimum atomic E-state index is -0.371. The SMILES string of the molecule is COC(=O)c1ccc(CNc2ccc(C)c(Cl)c2)[nH]1. The van der Waals surface area contributed by atoms with Gasteiger partial charge in [-0.15, -0.1) is 0 Å². The first kappa shape index (κ1) is 13.5. The number of esters is 1. The summed E-state index contributed by atoms with van der Waals surface area (Å²) in [7, 11) is 1.36. The number of halogens is 1. The lowest BCUT2D eigenvalue weighted by atomic mass is 10.2. The maximum Gasteiger partial charge on any atom is 0.354 e. The van der Waals surface area contributed by atoms with Crippen molar-refractivity contribution < 1.29 is 9.53 Å². The summed E-state index contributed by atoms with van der Waals surface area (Å²) in [6.45, 7) is 2.54. The molecule has 2 N–H and O–H groups in total. The number of carbonyl (C=O) groups is 1. The number of hydrogen-bond acceptors (Lipinski definition) is 3. The second-order valence-corrected chi connectivity index (χ2v) is 4.61. The van der Waals surface area contributed by atoms with E-state index in [1.807, 2.05) is 31.2 Å². The third-order valence-corrected chi connectivity index (χ3v) is 3.21. The topological polar surface area (TPSA) is 54.1 Å². The molecule has 1 aromatic heterocycles. The summed E-state index contributed by atoms with van der Waals surface area (Å²) < 4.78 is 4.63. The smallest absolute Gasteiger partial charge is 0.354 e. The molecule has 0 fully saturated rings. The molecule has 1 aromatic carbocycles. The van der Waals surface area contributed by atoms with Crippen molar-refractivity contribution in [3.05, 3.63) is 52.3 Å². The molecular weight excluding hydrogens is 264 g/mol. The maximum absolute atomic E-state index is 11.3. The number of carbonyl (C=O) groups excluding carboxylic acids is 1. The zero-order valence-electron chi connectivity index (χ0n) is 10.8. The van der Waals surface area contributed by atoms with Crippen molar-refractivity contribution >= 4 is 23.3 Å². The average molecular weight is 279 g/mol. The zero-order valence-corrected chi connectivity index (χ0v) is 11.5. The van der Waals surface area contributed by atoms with Crippen LogP contribution in [-0.4, -0.2) is 18.1 Å². The number of rotatable bonds is 4. The van der Waals surface area contributed by atoms with Gasteiger partial charge in [0.15, 0.2) is 0 Å². The van der Waals surface area contributed by atoms with Gasteiger partial charge in [0.25, 0.3) is 0 Å². The molecule has 0 amide bonds. The Labute approximate surface area is 116 Å². The van der Waals surface area contributed by atoms with E-state index in [0.717, 1.165) is 22.0 Å². The van der Waals surface area contributed by atoms with Gasteiger partial charge < -0.3 is 15.0 Å². The van der Waals surface area contributed by atoms with Crippen LogP contribution in [0.5, 0.6) is 0 Å². The summed E-state index contributed by atoms with van der Waals surface area (Å²) in [5.41, 5.74) is 3.32. The number of ether oxygens (including phenoxy) is 1. The Morgan fingerprint density at radius 3 is 2.84 bits per heavy atom. The standard InChI is InChI=1S/C14H15ClN2O2/c1-9-3-4-10(7-12(9)15)16-8-11-5-6-13(17-11)14(18)19-2/h3-7,16-17H,8H2,1-2H3. The number of methoxy groups -OCH3 is 1. The van der Waals surface area contributed by atoms with Crippen LogP contribution in [0.4, 0.5) is 5.69 Å². The van der Waals surface area contributed by atoms with E-state index in [4.69, 9.17) is 11.6 Å². The lowest BCUT2D eigenvalue weighted by Gasteiger charge is -2.06. The van der Waals surface area contributed by atoms with Crippen molar-refractivity contribution in [3.63, 3.8) is 0 Å². The molecule has 0 aliphatic heterocycles. The molecule has 0 unspecified atom stereocenters. The minimum Gasteiger partial charge on any atom is -0.464 e. The number of nitrogens with one attached hydrogen (secondary N) is 2. The fraction of sp³-hybridized carbons (Fsp3) is 0.214. The van der Waals surface area contributed by atoms with Crippen LogP contribution in [0.15, 0.2) is 30.3 Å². The zero-order chi connectivity index (χ0) is 13.8. The highest BCUT2D eigenvalue weighted by Crippen LogP contribution is 2.20. The molecule has 1 heterocycles. The number of aromatic amines is 1. The van der Waals surface area contributed by atoms with Gasteiger partial charge in [0.05, 0.1) is 13.7 Å². The molecule has 0 bridgehead atoms. The van der Waals surface area contributed by atoms with Gasteiger partial charge >= 0.3 is 5.97 Å². The average Bonchev–Trinajstić information content (AvgIpc) is 2.88. The molecule has 2 rings (SSSR count). The van der Waals surface area contributed by atoms with Gasteiger partial charge in [0, 0.05) is 16.4 Å². The van der Waals surface area contributed by atoms with E-state index in [2.05, 4.69) is 15.0 Å². The normalized spacial score (nSPS) is 10.3. The van der Waals surface area contributed by atoms with E-state index in [1.54, 1.807) is 6.07 Å². The van der Waals surface area contributed by atoms with E-state index in [1.165, 1.54) is 7.11 Å². The first-order valence-electron chi connectivity index (χ1n) is 5.86. The van der Waals surface area contributed by atoms with E-state index in [0.29, 0.717) is 12.2 Å². The Bertz CT molecular complexity index is 593. The van der Waals surface area contributed by atoms with Crippen LogP contribution < -0.4 is 5.32 Å². The van der Waals surface area contributed by atoms with E-state index in [-0.39, 0.29) is 5.97 Å². The molecule has 0 saturated carbocycles. The molecule has 100 valence electrons. The monoisotopic (exact) mass is 278 g/mol. The van der Waals surface area contributed by atoms with Crippen LogP contribution in [0.2, 0.25) is 5.02 Å². The van der Waals surface area contributed by atoms with Crippen molar-refractivity contribution in [1.82, 2.24) is 4.98 Å². The van der Waals surface area contributed by atoms with Crippen molar-refractivity contribution in [2.75, 3.05) is 12.4 Å². The van der Waals surface area contributed by atoms with E-state index >= 15 is 0 Å². The van der Waals surface area contributed by atoms with Gasteiger partial charge in [-0.2, -0.15) is 0 Å². The third-order valence-electron chi connectivity index (χ3n) is 2.81. The summed E-state index contributed by atoms with van der Waals surface area (Å²) in [6.07, 6.45) is 0. The van der Waals surface area contributed by atoms with E-state index < -0.39 is 0 Å². The molecule has 5 heteroatoms. The number of H-pyrrole nitrogens is 1. The van der Waals surface area contributed by atoms with Crippen LogP contribution in [0, 0.1) is 6.92 Å². The van der Waals surface area contributed by atoms with Gasteiger partial charge in [-0.25, -0.2) is 4.79 Å². The number of anilines is 1. The predicted octanol–water partition coefficient (Wildman–Crippen LogP) is 3.38. The predicted molar refractivity (Wildman–Crippen MR) is 75.6 cm³/mol. The van der Waals surface area contributed by atoms with Gasteiger partial charge in [0.1, 0.15) is 5.69 Å². The first-order valence-corrected chi connectivity index (χ1v) is 6.24. The number of aryl methyl sites for hydroxylation is 1. The third kappa shape index (κ3) is 3.29. The molecule has 0 aliphatic carbocycles. The van der Waals surface area contributed by atoms with Crippen molar-refractivity contribution in [1.29, 1.82) is 0 Å². The second-order valence-electron chi connectivity index (χ2n) is 4.21. The number of hydrogen-bond donors (Lipinski definition) is 2.